The first-order valence-corrected chi connectivity index (χ1v) is 3.98. The topological polar surface area (TPSA) is 41.1 Å². The molecule has 1 heterocycles. The number of carbonyl (C=O) groups excluding carboxylic acids is 1. The number of fused-ring (bicyclic) bond motifs is 1. The highest BCUT2D eigenvalue weighted by molar-refractivity contribution is 5.83. The van der Waals surface area contributed by atoms with Crippen LogP contribution in [0.3, 0.4) is 0 Å². The molecule has 0 aromatic heterocycles. The molecule has 3 heteroatoms. The molecule has 1 aromatic carbocycles. The van der Waals surface area contributed by atoms with Crippen LogP contribution in [0.25, 0.3) is 0 Å². The number of hydrogen-bond acceptors (Lipinski definition) is 2. The molecule has 0 aliphatic carbocycles. The molecule has 2 N–H and O–H groups in total. The predicted octanol–water partition coefficient (Wildman–Crippen LogP) is 1.22. The molecule has 0 saturated heterocycles. The molecule has 0 spiro atoms. The minimum atomic E-state index is 0.704. The Kier molecular flexibility index (Phi) is 1.70. The van der Waals surface area contributed by atoms with Gasteiger partial charge in [-0.25, -0.2) is 0 Å². The maximum Gasteiger partial charge on any atom is 0.211 e. The van der Waals surface area contributed by atoms with Crippen LogP contribution in [0.2, 0.25) is 0 Å². The van der Waals surface area contributed by atoms with Gasteiger partial charge in [0.25, 0.3) is 0 Å². The molecule has 0 fully saturated rings. The second kappa shape index (κ2) is 2.85. The SMILES string of the molecule is O=CNc1cccc2c1NCC2. The van der Waals surface area contributed by atoms with E-state index in [1.54, 1.807) is 0 Å². The highest BCUT2D eigenvalue weighted by Crippen LogP contribution is 2.29. The van der Waals surface area contributed by atoms with E-state index in [1.807, 2.05) is 12.1 Å². The van der Waals surface area contributed by atoms with E-state index in [9.17, 15) is 4.79 Å². The Morgan fingerprint density at radius 1 is 1.50 bits per heavy atom. The second-order valence-electron chi connectivity index (χ2n) is 2.78. The van der Waals surface area contributed by atoms with Crippen molar-refractivity contribution in [2.75, 3.05) is 17.2 Å². The molecule has 0 atom stereocenters. The average Bonchev–Trinajstić information content (AvgIpc) is 2.53. The Morgan fingerprint density at radius 2 is 2.42 bits per heavy atom. The smallest absolute Gasteiger partial charge is 0.211 e. The summed E-state index contributed by atoms with van der Waals surface area (Å²) in [6.45, 7) is 0.965. The van der Waals surface area contributed by atoms with E-state index >= 15 is 0 Å². The van der Waals surface area contributed by atoms with Gasteiger partial charge in [0.05, 0.1) is 11.4 Å². The van der Waals surface area contributed by atoms with Crippen molar-refractivity contribution in [3.8, 4) is 0 Å². The van der Waals surface area contributed by atoms with Crippen LogP contribution in [0.4, 0.5) is 11.4 Å². The third-order valence-corrected chi connectivity index (χ3v) is 2.06. The lowest BCUT2D eigenvalue weighted by atomic mass is 10.1. The Bertz CT molecular complexity index is 309. The van der Waals surface area contributed by atoms with Crippen LogP contribution in [0, 0.1) is 0 Å². The highest BCUT2D eigenvalue weighted by atomic mass is 16.1. The van der Waals surface area contributed by atoms with E-state index in [2.05, 4.69) is 16.7 Å². The number of rotatable bonds is 2. The van der Waals surface area contributed by atoms with Gasteiger partial charge in [0.15, 0.2) is 0 Å². The lowest BCUT2D eigenvalue weighted by molar-refractivity contribution is -0.105. The van der Waals surface area contributed by atoms with Gasteiger partial charge in [-0.2, -0.15) is 0 Å². The van der Waals surface area contributed by atoms with Crippen LogP contribution in [0.1, 0.15) is 5.56 Å². The monoisotopic (exact) mass is 162 g/mol. The van der Waals surface area contributed by atoms with E-state index in [0.29, 0.717) is 6.41 Å². The van der Waals surface area contributed by atoms with E-state index in [1.165, 1.54) is 5.56 Å². The largest absolute Gasteiger partial charge is 0.383 e. The first kappa shape index (κ1) is 7.16. The first-order valence-electron chi connectivity index (χ1n) is 3.98. The third-order valence-electron chi connectivity index (χ3n) is 2.06. The van der Waals surface area contributed by atoms with Gasteiger partial charge in [-0.05, 0) is 18.1 Å². The summed E-state index contributed by atoms with van der Waals surface area (Å²) in [6, 6.07) is 5.93. The maximum absolute atomic E-state index is 10.2. The summed E-state index contributed by atoms with van der Waals surface area (Å²) >= 11 is 0. The summed E-state index contributed by atoms with van der Waals surface area (Å²) in [5.74, 6) is 0. The van der Waals surface area contributed by atoms with Crippen molar-refractivity contribution in [2.24, 2.45) is 0 Å². The van der Waals surface area contributed by atoms with E-state index in [4.69, 9.17) is 0 Å². The van der Waals surface area contributed by atoms with Gasteiger partial charge in [-0.15, -0.1) is 0 Å². The predicted molar refractivity (Wildman–Crippen MR) is 48.3 cm³/mol. The number of anilines is 2. The van der Waals surface area contributed by atoms with Crippen molar-refractivity contribution in [3.05, 3.63) is 23.8 Å². The molecule has 0 bridgehead atoms. The molecule has 1 aliphatic rings. The number of nitrogens with one attached hydrogen (secondary N) is 2. The summed E-state index contributed by atoms with van der Waals surface area (Å²) in [7, 11) is 0. The quantitative estimate of drug-likeness (QED) is 0.642. The number of para-hydroxylation sites is 1. The number of benzene rings is 1. The molecule has 0 saturated carbocycles. The van der Waals surface area contributed by atoms with Gasteiger partial charge in [-0.3, -0.25) is 4.79 Å². The molecular weight excluding hydrogens is 152 g/mol. The molecule has 12 heavy (non-hydrogen) atoms. The fraction of sp³-hybridized carbons (Fsp3) is 0.222. The maximum atomic E-state index is 10.2. The van der Waals surface area contributed by atoms with Crippen LogP contribution in [-0.4, -0.2) is 13.0 Å². The van der Waals surface area contributed by atoms with Gasteiger partial charge < -0.3 is 10.6 Å². The van der Waals surface area contributed by atoms with Crippen LogP contribution in [0.5, 0.6) is 0 Å². The average molecular weight is 162 g/mol. The molecule has 2 rings (SSSR count). The van der Waals surface area contributed by atoms with Gasteiger partial charge in [0.2, 0.25) is 6.41 Å². The lowest BCUT2D eigenvalue weighted by Gasteiger charge is -2.05. The van der Waals surface area contributed by atoms with Gasteiger partial charge in [0, 0.05) is 6.54 Å². The Balaban J connectivity index is 2.42. The van der Waals surface area contributed by atoms with E-state index in [0.717, 1.165) is 24.3 Å². The second-order valence-corrected chi connectivity index (χ2v) is 2.78. The summed E-state index contributed by atoms with van der Waals surface area (Å²) in [4.78, 5) is 10.2. The van der Waals surface area contributed by atoms with Crippen molar-refractivity contribution in [1.29, 1.82) is 0 Å². The van der Waals surface area contributed by atoms with Crippen molar-refractivity contribution in [3.63, 3.8) is 0 Å². The van der Waals surface area contributed by atoms with Crippen molar-refractivity contribution in [1.82, 2.24) is 0 Å². The summed E-state index contributed by atoms with van der Waals surface area (Å²) < 4.78 is 0. The minimum absolute atomic E-state index is 0.704. The summed E-state index contributed by atoms with van der Waals surface area (Å²) in [5, 5.41) is 5.90. The van der Waals surface area contributed by atoms with Crippen molar-refractivity contribution < 1.29 is 4.79 Å². The van der Waals surface area contributed by atoms with Crippen molar-refractivity contribution in [2.45, 2.75) is 6.42 Å². The molecule has 1 amide bonds. The van der Waals surface area contributed by atoms with Gasteiger partial charge >= 0.3 is 0 Å². The van der Waals surface area contributed by atoms with Gasteiger partial charge in [-0.1, -0.05) is 12.1 Å². The minimum Gasteiger partial charge on any atom is -0.383 e. The number of hydrogen-bond donors (Lipinski definition) is 2. The Morgan fingerprint density at radius 3 is 3.25 bits per heavy atom. The number of carbonyl (C=O) groups is 1. The van der Waals surface area contributed by atoms with Crippen LogP contribution < -0.4 is 10.6 Å². The van der Waals surface area contributed by atoms with Crippen LogP contribution in [-0.2, 0) is 11.2 Å². The molecule has 62 valence electrons. The van der Waals surface area contributed by atoms with E-state index in [-0.39, 0.29) is 0 Å². The third kappa shape index (κ3) is 1.03. The van der Waals surface area contributed by atoms with Crippen molar-refractivity contribution >= 4 is 17.8 Å². The zero-order chi connectivity index (χ0) is 8.39. The molecule has 3 nitrogen and oxygen atoms in total. The highest BCUT2D eigenvalue weighted by Gasteiger charge is 2.12. The zero-order valence-electron chi connectivity index (χ0n) is 6.63. The molecule has 1 aromatic rings. The molecular formula is C9H10N2O. The van der Waals surface area contributed by atoms with Gasteiger partial charge in [0.1, 0.15) is 0 Å². The Hall–Kier alpha value is -1.51. The standard InChI is InChI=1S/C9H10N2O/c12-6-11-8-3-1-2-7-4-5-10-9(7)8/h1-3,6,10H,4-5H2,(H,11,12). The fourth-order valence-corrected chi connectivity index (χ4v) is 1.52. The normalized spacial score (nSPS) is 13.3. The van der Waals surface area contributed by atoms with E-state index < -0.39 is 0 Å². The summed E-state index contributed by atoms with van der Waals surface area (Å²) in [6.07, 6.45) is 1.75. The summed E-state index contributed by atoms with van der Waals surface area (Å²) in [5.41, 5.74) is 3.23. The molecule has 1 aliphatic heterocycles. The first-order chi connectivity index (χ1) is 5.92. The Labute approximate surface area is 70.8 Å². The molecule has 0 unspecified atom stereocenters. The van der Waals surface area contributed by atoms with Crippen LogP contribution in [0.15, 0.2) is 18.2 Å². The molecule has 0 radical (unpaired) electrons. The number of amides is 1. The lowest BCUT2D eigenvalue weighted by Crippen LogP contribution is -1.98. The fourth-order valence-electron chi connectivity index (χ4n) is 1.52. The van der Waals surface area contributed by atoms with Crippen LogP contribution >= 0.6 is 0 Å². The zero-order valence-corrected chi connectivity index (χ0v) is 6.63.